The van der Waals surface area contributed by atoms with E-state index in [1.807, 2.05) is 21.8 Å². The number of carbonyl (C=O) groups is 1. The van der Waals surface area contributed by atoms with Crippen LogP contribution >= 0.6 is 0 Å². The number of ether oxygens (including phenoxy) is 1. The third-order valence-corrected chi connectivity index (χ3v) is 3.22. The second-order valence-corrected chi connectivity index (χ2v) is 4.83. The molecular formula is C13H22N4O2. The predicted molar refractivity (Wildman–Crippen MR) is 71.7 cm³/mol. The molecule has 1 atom stereocenters. The molecule has 1 aliphatic heterocycles. The normalized spacial score (nSPS) is 17.4. The molecule has 0 aliphatic carbocycles. The largest absolute Gasteiger partial charge is 0.378 e. The number of hydrogen-bond acceptors (Lipinski definition) is 4. The lowest BCUT2D eigenvalue weighted by Crippen LogP contribution is -2.42. The van der Waals surface area contributed by atoms with Gasteiger partial charge in [-0.05, 0) is 13.0 Å². The van der Waals surface area contributed by atoms with Gasteiger partial charge in [-0.1, -0.05) is 0 Å². The zero-order chi connectivity index (χ0) is 13.5. The summed E-state index contributed by atoms with van der Waals surface area (Å²) < 4.78 is 7.12. The Morgan fingerprint density at radius 3 is 2.95 bits per heavy atom. The molecule has 1 N–H and O–H groups in total. The molecule has 1 aromatic heterocycles. The molecule has 2 rings (SSSR count). The van der Waals surface area contributed by atoms with Gasteiger partial charge in [-0.15, -0.1) is 0 Å². The van der Waals surface area contributed by atoms with Crippen LogP contribution in [0.5, 0.6) is 0 Å². The second-order valence-electron chi connectivity index (χ2n) is 4.83. The molecule has 2 heterocycles. The molecule has 1 fully saturated rings. The summed E-state index contributed by atoms with van der Waals surface area (Å²) in [5, 5.41) is 7.51. The number of carbonyl (C=O) groups excluding carboxylic acids is 1. The van der Waals surface area contributed by atoms with E-state index in [1.165, 1.54) is 0 Å². The highest BCUT2D eigenvalue weighted by Gasteiger charge is 2.16. The third kappa shape index (κ3) is 4.65. The number of aromatic nitrogens is 2. The Morgan fingerprint density at radius 2 is 2.26 bits per heavy atom. The first-order valence-corrected chi connectivity index (χ1v) is 6.82. The Hall–Kier alpha value is -1.40. The van der Waals surface area contributed by atoms with E-state index in [1.54, 1.807) is 6.20 Å². The third-order valence-electron chi connectivity index (χ3n) is 3.22. The monoisotopic (exact) mass is 266 g/mol. The van der Waals surface area contributed by atoms with Gasteiger partial charge in [0.1, 0.15) is 0 Å². The van der Waals surface area contributed by atoms with Gasteiger partial charge in [0.25, 0.3) is 0 Å². The zero-order valence-corrected chi connectivity index (χ0v) is 11.4. The van der Waals surface area contributed by atoms with E-state index < -0.39 is 0 Å². The van der Waals surface area contributed by atoms with E-state index >= 15 is 0 Å². The molecule has 1 aliphatic rings. The van der Waals surface area contributed by atoms with Crippen molar-refractivity contribution in [2.24, 2.45) is 0 Å². The molecule has 6 nitrogen and oxygen atoms in total. The first kappa shape index (κ1) is 14.0. The Bertz CT molecular complexity index is 374. The van der Waals surface area contributed by atoms with Crippen LogP contribution in [-0.4, -0.2) is 59.5 Å². The number of rotatable bonds is 6. The number of nitrogens with one attached hydrogen (secondary N) is 1. The van der Waals surface area contributed by atoms with Crippen molar-refractivity contribution in [1.29, 1.82) is 0 Å². The fourth-order valence-electron chi connectivity index (χ4n) is 2.15. The Morgan fingerprint density at radius 1 is 1.47 bits per heavy atom. The highest BCUT2D eigenvalue weighted by atomic mass is 16.5. The smallest absolute Gasteiger partial charge is 0.224 e. The lowest BCUT2D eigenvalue weighted by Gasteiger charge is -2.27. The maximum atomic E-state index is 11.9. The van der Waals surface area contributed by atoms with E-state index in [-0.39, 0.29) is 5.91 Å². The maximum Gasteiger partial charge on any atom is 0.224 e. The number of nitrogens with zero attached hydrogens (tertiary/aromatic N) is 3. The van der Waals surface area contributed by atoms with Gasteiger partial charge in [-0.3, -0.25) is 9.48 Å². The van der Waals surface area contributed by atoms with Crippen molar-refractivity contribution in [2.75, 3.05) is 32.8 Å². The van der Waals surface area contributed by atoms with Crippen molar-refractivity contribution >= 4 is 5.91 Å². The van der Waals surface area contributed by atoms with Crippen LogP contribution in [0.4, 0.5) is 0 Å². The van der Waals surface area contributed by atoms with Crippen LogP contribution in [0.15, 0.2) is 18.5 Å². The minimum absolute atomic E-state index is 0.210. The SMILES string of the molecule is C[C@H](Cn1cccn1)NCCC(=O)N1CCOCC1. The molecule has 0 saturated carbocycles. The Kier molecular flexibility index (Phi) is 5.35. The van der Waals surface area contributed by atoms with Crippen LogP contribution in [0.3, 0.4) is 0 Å². The predicted octanol–water partition coefficient (Wildman–Crippen LogP) is 0.110. The number of hydrogen-bond donors (Lipinski definition) is 1. The van der Waals surface area contributed by atoms with Crippen LogP contribution < -0.4 is 5.32 Å². The quantitative estimate of drug-likeness (QED) is 0.794. The maximum absolute atomic E-state index is 11.9. The van der Waals surface area contributed by atoms with Crippen molar-refractivity contribution in [3.05, 3.63) is 18.5 Å². The standard InChI is InChI=1S/C13H22N4O2/c1-12(11-17-6-2-4-15-17)14-5-3-13(18)16-7-9-19-10-8-16/h2,4,6,12,14H,3,5,7-11H2,1H3/t12-/m1/s1. The molecule has 0 spiro atoms. The molecule has 0 unspecified atom stereocenters. The second kappa shape index (κ2) is 7.25. The van der Waals surface area contributed by atoms with Crippen molar-refractivity contribution in [2.45, 2.75) is 25.9 Å². The summed E-state index contributed by atoms with van der Waals surface area (Å²) in [5.74, 6) is 0.210. The van der Waals surface area contributed by atoms with Crippen LogP contribution in [0.25, 0.3) is 0 Å². The lowest BCUT2D eigenvalue weighted by molar-refractivity contribution is -0.135. The van der Waals surface area contributed by atoms with Crippen LogP contribution in [0.1, 0.15) is 13.3 Å². The highest BCUT2D eigenvalue weighted by Crippen LogP contribution is 2.00. The first-order chi connectivity index (χ1) is 9.25. The minimum atomic E-state index is 0.210. The molecule has 6 heteroatoms. The van der Waals surface area contributed by atoms with Crippen molar-refractivity contribution in [1.82, 2.24) is 20.0 Å². The van der Waals surface area contributed by atoms with Crippen LogP contribution in [-0.2, 0) is 16.1 Å². The van der Waals surface area contributed by atoms with Crippen molar-refractivity contribution in [3.8, 4) is 0 Å². The van der Waals surface area contributed by atoms with Gasteiger partial charge < -0.3 is 15.0 Å². The lowest BCUT2D eigenvalue weighted by atomic mass is 10.3. The average Bonchev–Trinajstić information content (AvgIpc) is 2.92. The first-order valence-electron chi connectivity index (χ1n) is 6.82. The van der Waals surface area contributed by atoms with Crippen LogP contribution in [0.2, 0.25) is 0 Å². The molecule has 1 saturated heterocycles. The average molecular weight is 266 g/mol. The number of morpholine rings is 1. The highest BCUT2D eigenvalue weighted by molar-refractivity contribution is 5.76. The van der Waals surface area contributed by atoms with Gasteiger partial charge in [0.05, 0.1) is 19.8 Å². The molecule has 0 bridgehead atoms. The molecule has 1 aromatic rings. The van der Waals surface area contributed by atoms with Gasteiger partial charge in [-0.25, -0.2) is 0 Å². The van der Waals surface area contributed by atoms with Gasteiger partial charge >= 0.3 is 0 Å². The summed E-state index contributed by atoms with van der Waals surface area (Å²) in [5.41, 5.74) is 0. The summed E-state index contributed by atoms with van der Waals surface area (Å²) in [6.07, 6.45) is 4.26. The summed E-state index contributed by atoms with van der Waals surface area (Å²) in [7, 11) is 0. The van der Waals surface area contributed by atoms with Gasteiger partial charge in [0.15, 0.2) is 0 Å². The van der Waals surface area contributed by atoms with Crippen LogP contribution in [0, 0.1) is 0 Å². The van der Waals surface area contributed by atoms with Crippen molar-refractivity contribution in [3.63, 3.8) is 0 Å². The van der Waals surface area contributed by atoms with Gasteiger partial charge in [0, 0.05) is 44.5 Å². The van der Waals surface area contributed by atoms with E-state index in [0.717, 1.165) is 19.6 Å². The summed E-state index contributed by atoms with van der Waals surface area (Å²) in [6, 6.07) is 2.21. The fourth-order valence-corrected chi connectivity index (χ4v) is 2.15. The summed E-state index contributed by atoms with van der Waals surface area (Å²) >= 11 is 0. The molecule has 1 amide bonds. The minimum Gasteiger partial charge on any atom is -0.378 e. The molecule has 19 heavy (non-hydrogen) atoms. The van der Waals surface area contributed by atoms with Gasteiger partial charge in [0.2, 0.25) is 5.91 Å². The molecule has 0 radical (unpaired) electrons. The van der Waals surface area contributed by atoms with Gasteiger partial charge in [-0.2, -0.15) is 5.10 Å². The topological polar surface area (TPSA) is 59.4 Å². The summed E-state index contributed by atoms with van der Waals surface area (Å²) in [6.45, 7) is 6.39. The molecular weight excluding hydrogens is 244 g/mol. The summed E-state index contributed by atoms with van der Waals surface area (Å²) in [4.78, 5) is 13.8. The van der Waals surface area contributed by atoms with Crippen molar-refractivity contribution < 1.29 is 9.53 Å². The number of amides is 1. The molecule has 0 aromatic carbocycles. The van der Waals surface area contributed by atoms with E-state index in [9.17, 15) is 4.79 Å². The Labute approximate surface area is 113 Å². The van der Waals surface area contributed by atoms with E-state index in [0.29, 0.717) is 32.2 Å². The zero-order valence-electron chi connectivity index (χ0n) is 11.4. The van der Waals surface area contributed by atoms with E-state index in [2.05, 4.69) is 17.3 Å². The van der Waals surface area contributed by atoms with E-state index in [4.69, 9.17) is 4.74 Å². The Balaban J connectivity index is 1.61. The fraction of sp³-hybridized carbons (Fsp3) is 0.692. The molecule has 106 valence electrons.